The summed E-state index contributed by atoms with van der Waals surface area (Å²) in [4.78, 5) is 28.5. The van der Waals surface area contributed by atoms with Crippen LogP contribution in [0.1, 0.15) is 47.1 Å². The smallest absolute Gasteiger partial charge is 0.416 e. The van der Waals surface area contributed by atoms with Crippen LogP contribution in [0.4, 0.5) is 35.5 Å². The van der Waals surface area contributed by atoms with E-state index in [1.807, 2.05) is 0 Å². The number of nitrogens with zero attached hydrogens (tertiary/aromatic N) is 2. The third kappa shape index (κ3) is 6.57. The summed E-state index contributed by atoms with van der Waals surface area (Å²) in [7, 11) is 1.21. The van der Waals surface area contributed by atoms with E-state index < -0.39 is 59.7 Å². The van der Waals surface area contributed by atoms with E-state index in [1.54, 1.807) is 13.8 Å². The first kappa shape index (κ1) is 29.2. The predicted molar refractivity (Wildman–Crippen MR) is 124 cm³/mol. The van der Waals surface area contributed by atoms with Crippen molar-refractivity contribution in [2.75, 3.05) is 26.7 Å². The zero-order valence-electron chi connectivity index (χ0n) is 20.9. The molecular formula is C26H27F7N2O3. The molecule has 0 aromatic heterocycles. The number of hydrogen-bond donors (Lipinski definition) is 0. The maximum absolute atomic E-state index is 13.8. The van der Waals surface area contributed by atoms with Crippen LogP contribution in [0.5, 0.6) is 0 Å². The number of ether oxygens (including phenoxy) is 1. The minimum Gasteiger partial charge on any atom is -0.453 e. The molecule has 1 aliphatic rings. The third-order valence-corrected chi connectivity index (χ3v) is 6.71. The summed E-state index contributed by atoms with van der Waals surface area (Å²) in [5, 5.41) is 0. The summed E-state index contributed by atoms with van der Waals surface area (Å²) < 4.78 is 98.5. The molecule has 0 saturated carbocycles. The number of methoxy groups -OCH3 is 1. The molecule has 5 nitrogen and oxygen atoms in total. The Bertz CT molecular complexity index is 1150. The van der Waals surface area contributed by atoms with E-state index in [4.69, 9.17) is 4.74 Å². The molecule has 2 aromatic rings. The number of benzene rings is 2. The molecule has 3 rings (SSSR count). The summed E-state index contributed by atoms with van der Waals surface area (Å²) >= 11 is 0. The molecule has 12 heteroatoms. The van der Waals surface area contributed by atoms with Crippen LogP contribution < -0.4 is 0 Å². The first-order valence-corrected chi connectivity index (χ1v) is 11.8. The Labute approximate surface area is 215 Å². The lowest BCUT2D eigenvalue weighted by Gasteiger charge is -2.40. The van der Waals surface area contributed by atoms with Crippen molar-refractivity contribution in [3.05, 3.63) is 70.0 Å². The second-order valence-corrected chi connectivity index (χ2v) is 9.19. The highest BCUT2D eigenvalue weighted by atomic mass is 19.4. The maximum atomic E-state index is 13.8. The molecule has 2 atom stereocenters. The van der Waals surface area contributed by atoms with Crippen LogP contribution in [-0.2, 0) is 28.4 Å². The number of carbonyl (C=O) groups is 2. The first-order chi connectivity index (χ1) is 17.6. The van der Waals surface area contributed by atoms with Crippen LogP contribution in [-0.4, -0.2) is 48.5 Å². The Morgan fingerprint density at radius 2 is 1.63 bits per heavy atom. The normalized spacial score (nSPS) is 18.3. The molecule has 1 heterocycles. The highest BCUT2D eigenvalue weighted by Crippen LogP contribution is 2.38. The SMILES string of the molecule is CCN(Cc1cc(C(F)(F)F)cc(C(F)(F)F)c1)C(=O)C1CCN(C(=O)OC)CC1c1ccc(F)cc1C. The van der Waals surface area contributed by atoms with E-state index in [1.165, 1.54) is 35.1 Å². The summed E-state index contributed by atoms with van der Waals surface area (Å²) in [6, 6.07) is 5.26. The zero-order valence-corrected chi connectivity index (χ0v) is 20.9. The van der Waals surface area contributed by atoms with Gasteiger partial charge in [0.1, 0.15) is 5.82 Å². The van der Waals surface area contributed by atoms with E-state index >= 15 is 0 Å². The minimum absolute atomic E-state index is 0.0166. The number of piperidine rings is 1. The maximum Gasteiger partial charge on any atom is 0.416 e. The van der Waals surface area contributed by atoms with Gasteiger partial charge in [0.15, 0.2) is 0 Å². The Hall–Kier alpha value is -3.31. The number of amides is 2. The topological polar surface area (TPSA) is 49.9 Å². The van der Waals surface area contributed by atoms with Crippen molar-refractivity contribution in [1.82, 2.24) is 9.80 Å². The fourth-order valence-corrected chi connectivity index (χ4v) is 4.82. The van der Waals surface area contributed by atoms with Gasteiger partial charge >= 0.3 is 18.4 Å². The molecular weight excluding hydrogens is 521 g/mol. The van der Waals surface area contributed by atoms with Crippen LogP contribution in [0.15, 0.2) is 36.4 Å². The molecule has 2 aromatic carbocycles. The van der Waals surface area contributed by atoms with Crippen molar-refractivity contribution in [2.45, 2.75) is 45.1 Å². The number of likely N-dealkylation sites (tertiary alicyclic amines) is 1. The largest absolute Gasteiger partial charge is 0.453 e. The van der Waals surface area contributed by atoms with E-state index in [0.717, 1.165) is 0 Å². The second-order valence-electron chi connectivity index (χ2n) is 9.19. The monoisotopic (exact) mass is 548 g/mol. The molecule has 2 unspecified atom stereocenters. The number of carbonyl (C=O) groups excluding carboxylic acids is 2. The molecule has 0 radical (unpaired) electrons. The van der Waals surface area contributed by atoms with Crippen LogP contribution in [0, 0.1) is 18.7 Å². The lowest BCUT2D eigenvalue weighted by Crippen LogP contribution is -2.48. The van der Waals surface area contributed by atoms with Crippen molar-refractivity contribution < 1.29 is 45.1 Å². The van der Waals surface area contributed by atoms with Crippen LogP contribution in [0.3, 0.4) is 0 Å². The lowest BCUT2D eigenvalue weighted by molar-refractivity contribution is -0.143. The molecule has 1 fully saturated rings. The molecule has 208 valence electrons. The summed E-state index contributed by atoms with van der Waals surface area (Å²) in [6.07, 6.45) is -10.5. The molecule has 38 heavy (non-hydrogen) atoms. The standard InChI is InChI=1S/C26H27F7N2O3/c1-4-34(13-16-10-17(25(28,29)30)12-18(11-16)26(31,32)33)23(36)21-7-8-35(24(37)38-3)14-22(21)20-6-5-19(27)9-15(20)2/h5-6,9-12,21-22H,4,7-8,13-14H2,1-3H3. The van der Waals surface area contributed by atoms with Gasteiger partial charge in [-0.1, -0.05) is 6.07 Å². The second kappa shape index (κ2) is 11.2. The molecule has 1 saturated heterocycles. The molecule has 1 aliphatic heterocycles. The average molecular weight is 548 g/mol. The quantitative estimate of drug-likeness (QED) is 0.407. The van der Waals surface area contributed by atoms with Gasteiger partial charge in [-0.25, -0.2) is 9.18 Å². The van der Waals surface area contributed by atoms with Gasteiger partial charge < -0.3 is 14.5 Å². The van der Waals surface area contributed by atoms with Gasteiger partial charge in [-0.2, -0.15) is 26.3 Å². The number of rotatable bonds is 5. The highest BCUT2D eigenvalue weighted by Gasteiger charge is 2.40. The third-order valence-electron chi connectivity index (χ3n) is 6.71. The fourth-order valence-electron chi connectivity index (χ4n) is 4.82. The average Bonchev–Trinajstić information content (AvgIpc) is 2.85. The number of aryl methyl sites for hydroxylation is 1. The van der Waals surface area contributed by atoms with E-state index in [9.17, 15) is 40.3 Å². The van der Waals surface area contributed by atoms with Gasteiger partial charge in [0, 0.05) is 38.0 Å². The van der Waals surface area contributed by atoms with Crippen molar-refractivity contribution in [2.24, 2.45) is 5.92 Å². The van der Waals surface area contributed by atoms with Crippen LogP contribution >= 0.6 is 0 Å². The molecule has 0 aliphatic carbocycles. The summed E-state index contributed by atoms with van der Waals surface area (Å²) in [6.45, 7) is 2.97. The molecule has 0 spiro atoms. The number of halogens is 7. The minimum atomic E-state index is -5.01. The Balaban J connectivity index is 1.97. The highest BCUT2D eigenvalue weighted by molar-refractivity contribution is 5.81. The number of alkyl halides is 6. The van der Waals surface area contributed by atoms with Gasteiger partial charge in [-0.05, 0) is 67.3 Å². The molecule has 0 N–H and O–H groups in total. The van der Waals surface area contributed by atoms with Crippen LogP contribution in [0.25, 0.3) is 0 Å². The lowest BCUT2D eigenvalue weighted by atomic mass is 9.78. The zero-order chi connectivity index (χ0) is 28.4. The van der Waals surface area contributed by atoms with Gasteiger partial charge in [-0.3, -0.25) is 4.79 Å². The van der Waals surface area contributed by atoms with Crippen molar-refractivity contribution in [3.63, 3.8) is 0 Å². The number of hydrogen-bond acceptors (Lipinski definition) is 3. The molecule has 2 amide bonds. The Morgan fingerprint density at radius 3 is 2.13 bits per heavy atom. The summed E-state index contributed by atoms with van der Waals surface area (Å²) in [5.74, 6) is -2.34. The van der Waals surface area contributed by atoms with Crippen molar-refractivity contribution in [3.8, 4) is 0 Å². The summed E-state index contributed by atoms with van der Waals surface area (Å²) in [5.41, 5.74) is -2.10. The van der Waals surface area contributed by atoms with E-state index in [-0.39, 0.29) is 37.7 Å². The Morgan fingerprint density at radius 1 is 1.03 bits per heavy atom. The van der Waals surface area contributed by atoms with Gasteiger partial charge in [0.05, 0.1) is 18.2 Å². The fraction of sp³-hybridized carbons (Fsp3) is 0.462. The van der Waals surface area contributed by atoms with Crippen molar-refractivity contribution in [1.29, 1.82) is 0 Å². The Kier molecular flexibility index (Phi) is 8.62. The van der Waals surface area contributed by atoms with Crippen LogP contribution in [0.2, 0.25) is 0 Å². The van der Waals surface area contributed by atoms with E-state index in [0.29, 0.717) is 23.3 Å². The van der Waals surface area contributed by atoms with Gasteiger partial charge in [-0.15, -0.1) is 0 Å². The van der Waals surface area contributed by atoms with Gasteiger partial charge in [0.25, 0.3) is 0 Å². The molecule has 0 bridgehead atoms. The van der Waals surface area contributed by atoms with Crippen molar-refractivity contribution >= 4 is 12.0 Å². The first-order valence-electron chi connectivity index (χ1n) is 11.8. The van der Waals surface area contributed by atoms with Gasteiger partial charge in [0.2, 0.25) is 5.91 Å². The van der Waals surface area contributed by atoms with E-state index in [2.05, 4.69) is 0 Å². The predicted octanol–water partition coefficient (Wildman–Crippen LogP) is 6.39.